The Morgan fingerprint density at radius 3 is 3.10 bits per heavy atom. The summed E-state index contributed by atoms with van der Waals surface area (Å²) in [5.74, 6) is 0. The van der Waals surface area contributed by atoms with Crippen LogP contribution in [0.15, 0.2) is 23.8 Å². The number of likely N-dealkylation sites (N-methyl/N-ethyl adjacent to an activating group) is 1. The number of nitrogens with one attached hydrogen (secondary N) is 1. The van der Waals surface area contributed by atoms with Crippen molar-refractivity contribution in [2.75, 3.05) is 20.6 Å². The van der Waals surface area contributed by atoms with Crippen LogP contribution in [0.1, 0.15) is 40.9 Å². The maximum Gasteiger partial charge on any atom is 0.0538 e. The van der Waals surface area contributed by atoms with E-state index in [9.17, 15) is 0 Å². The second-order valence-corrected chi connectivity index (χ2v) is 7.08. The van der Waals surface area contributed by atoms with Gasteiger partial charge in [0.25, 0.3) is 0 Å². The molecule has 0 bridgehead atoms. The summed E-state index contributed by atoms with van der Waals surface area (Å²) in [5.41, 5.74) is 2.80. The topological polar surface area (TPSA) is 33.1 Å². The Bertz CT molecular complexity index is 587. The zero-order valence-electron chi connectivity index (χ0n) is 13.0. The molecule has 1 aliphatic rings. The molecule has 0 amide bonds. The lowest BCUT2D eigenvalue weighted by Gasteiger charge is -2.29. The lowest BCUT2D eigenvalue weighted by Crippen LogP contribution is -2.34. The normalized spacial score (nSPS) is 19.7. The first-order valence-electron chi connectivity index (χ1n) is 7.60. The molecule has 2 aromatic rings. The van der Waals surface area contributed by atoms with E-state index in [1.807, 2.05) is 29.3 Å². The first-order valence-corrected chi connectivity index (χ1v) is 8.47. The molecule has 3 rings (SSSR count). The lowest BCUT2D eigenvalue weighted by atomic mass is 9.93. The van der Waals surface area contributed by atoms with Gasteiger partial charge >= 0.3 is 0 Å². The van der Waals surface area contributed by atoms with Gasteiger partial charge in [-0.2, -0.15) is 5.10 Å². The summed E-state index contributed by atoms with van der Waals surface area (Å²) in [4.78, 5) is 3.84. The number of hydrogen-bond acceptors (Lipinski definition) is 4. The second kappa shape index (κ2) is 6.30. The summed E-state index contributed by atoms with van der Waals surface area (Å²) < 4.78 is 1.88. The Morgan fingerprint density at radius 1 is 1.52 bits per heavy atom. The van der Waals surface area contributed by atoms with Gasteiger partial charge in [0.05, 0.1) is 6.20 Å². The standard InChI is InChI=1S/C16H24N4S/c1-19(2)15(12-9-18-20(3)11-12)10-17-14-5-4-6-16-13(14)7-8-21-16/h7-9,11,14-15,17H,4-6,10H2,1-3H3/t14-,15+/m1/s1. The number of nitrogens with zero attached hydrogens (tertiary/aromatic N) is 3. The molecule has 1 N–H and O–H groups in total. The average molecular weight is 304 g/mol. The Labute approximate surface area is 130 Å². The van der Waals surface area contributed by atoms with Crippen molar-refractivity contribution in [3.8, 4) is 0 Å². The largest absolute Gasteiger partial charge is 0.308 e. The lowest BCUT2D eigenvalue weighted by molar-refractivity contribution is 0.275. The van der Waals surface area contributed by atoms with Crippen LogP contribution in [0, 0.1) is 0 Å². The van der Waals surface area contributed by atoms with Crippen molar-refractivity contribution in [1.82, 2.24) is 20.0 Å². The number of fused-ring (bicyclic) bond motifs is 1. The molecule has 0 spiro atoms. The molecular formula is C16H24N4S. The fourth-order valence-electron chi connectivity index (χ4n) is 3.16. The fraction of sp³-hybridized carbons (Fsp3) is 0.562. The SMILES string of the molecule is CN(C)[C@@H](CN[C@@H]1CCCc2sccc21)c1cnn(C)c1. The van der Waals surface area contributed by atoms with Crippen LogP contribution < -0.4 is 5.32 Å². The summed E-state index contributed by atoms with van der Waals surface area (Å²) in [6, 6.07) is 3.17. The van der Waals surface area contributed by atoms with Crippen molar-refractivity contribution in [3.05, 3.63) is 39.8 Å². The van der Waals surface area contributed by atoms with Crippen LogP contribution in [0.3, 0.4) is 0 Å². The van der Waals surface area contributed by atoms with Crippen molar-refractivity contribution in [2.45, 2.75) is 31.3 Å². The summed E-state index contributed by atoms with van der Waals surface area (Å²) in [5, 5.41) is 10.3. The van der Waals surface area contributed by atoms with E-state index < -0.39 is 0 Å². The maximum atomic E-state index is 4.31. The van der Waals surface area contributed by atoms with Gasteiger partial charge in [0.2, 0.25) is 0 Å². The summed E-state index contributed by atoms with van der Waals surface area (Å²) in [6.07, 6.45) is 7.89. The molecule has 0 saturated carbocycles. The van der Waals surface area contributed by atoms with Crippen LogP contribution in [-0.2, 0) is 13.5 Å². The van der Waals surface area contributed by atoms with Gasteiger partial charge in [-0.15, -0.1) is 11.3 Å². The summed E-state index contributed by atoms with van der Waals surface area (Å²) >= 11 is 1.91. The van der Waals surface area contributed by atoms with Crippen molar-refractivity contribution in [3.63, 3.8) is 0 Å². The summed E-state index contributed by atoms with van der Waals surface area (Å²) in [7, 11) is 6.24. The third kappa shape index (κ3) is 3.20. The third-order valence-corrected chi connectivity index (χ3v) is 5.34. The predicted octanol–water partition coefficient (Wildman–Crippen LogP) is 2.75. The van der Waals surface area contributed by atoms with Gasteiger partial charge in [0, 0.05) is 42.3 Å². The second-order valence-electron chi connectivity index (χ2n) is 6.08. The highest BCUT2D eigenvalue weighted by molar-refractivity contribution is 7.10. The Balaban J connectivity index is 1.68. The van der Waals surface area contributed by atoms with Gasteiger partial charge in [-0.3, -0.25) is 4.68 Å². The van der Waals surface area contributed by atoms with Crippen molar-refractivity contribution < 1.29 is 0 Å². The number of aryl methyl sites for hydroxylation is 2. The molecular weight excluding hydrogens is 280 g/mol. The zero-order chi connectivity index (χ0) is 14.8. The van der Waals surface area contributed by atoms with E-state index >= 15 is 0 Å². The Kier molecular flexibility index (Phi) is 4.42. The van der Waals surface area contributed by atoms with Gasteiger partial charge in [-0.1, -0.05) is 0 Å². The monoisotopic (exact) mass is 304 g/mol. The van der Waals surface area contributed by atoms with Gasteiger partial charge in [-0.25, -0.2) is 0 Å². The molecule has 2 heterocycles. The van der Waals surface area contributed by atoms with Crippen LogP contribution in [0.4, 0.5) is 0 Å². The van der Waals surface area contributed by atoms with E-state index in [1.165, 1.54) is 30.4 Å². The van der Waals surface area contributed by atoms with Gasteiger partial charge in [-0.05, 0) is 50.4 Å². The minimum Gasteiger partial charge on any atom is -0.308 e. The van der Waals surface area contributed by atoms with Crippen LogP contribution >= 0.6 is 11.3 Å². The Morgan fingerprint density at radius 2 is 2.38 bits per heavy atom. The highest BCUT2D eigenvalue weighted by Gasteiger charge is 2.23. The maximum absolute atomic E-state index is 4.31. The van der Waals surface area contributed by atoms with E-state index in [2.05, 4.69) is 47.1 Å². The molecule has 21 heavy (non-hydrogen) atoms. The van der Waals surface area contributed by atoms with E-state index in [0.29, 0.717) is 12.1 Å². The van der Waals surface area contributed by atoms with Crippen LogP contribution in [0.25, 0.3) is 0 Å². The van der Waals surface area contributed by atoms with E-state index in [-0.39, 0.29) is 0 Å². The molecule has 1 aliphatic carbocycles. The summed E-state index contributed by atoms with van der Waals surface area (Å²) in [6.45, 7) is 0.957. The van der Waals surface area contributed by atoms with E-state index in [0.717, 1.165) is 6.54 Å². The predicted molar refractivity (Wildman–Crippen MR) is 87.6 cm³/mol. The molecule has 0 radical (unpaired) electrons. The van der Waals surface area contributed by atoms with Crippen LogP contribution in [0.5, 0.6) is 0 Å². The third-order valence-electron chi connectivity index (χ3n) is 4.34. The molecule has 0 aliphatic heterocycles. The molecule has 0 aromatic carbocycles. The van der Waals surface area contributed by atoms with Crippen molar-refractivity contribution in [2.24, 2.45) is 7.05 Å². The molecule has 4 nitrogen and oxygen atoms in total. The number of aromatic nitrogens is 2. The van der Waals surface area contributed by atoms with Crippen LogP contribution in [-0.4, -0.2) is 35.3 Å². The number of thiophene rings is 1. The average Bonchev–Trinajstić information content (AvgIpc) is 3.08. The first-order chi connectivity index (χ1) is 10.1. The Hall–Kier alpha value is -1.17. The van der Waals surface area contributed by atoms with Crippen molar-refractivity contribution in [1.29, 1.82) is 0 Å². The molecule has 0 unspecified atom stereocenters. The molecule has 2 aromatic heterocycles. The molecule has 0 fully saturated rings. The molecule has 114 valence electrons. The molecule has 5 heteroatoms. The van der Waals surface area contributed by atoms with Crippen LogP contribution in [0.2, 0.25) is 0 Å². The van der Waals surface area contributed by atoms with E-state index in [1.54, 1.807) is 4.88 Å². The van der Waals surface area contributed by atoms with Gasteiger partial charge in [0.1, 0.15) is 0 Å². The highest BCUT2D eigenvalue weighted by atomic mass is 32.1. The van der Waals surface area contributed by atoms with Crippen molar-refractivity contribution >= 4 is 11.3 Å². The minimum absolute atomic E-state index is 0.364. The first kappa shape index (κ1) is 14.8. The highest BCUT2D eigenvalue weighted by Crippen LogP contribution is 2.33. The quantitative estimate of drug-likeness (QED) is 0.922. The number of hydrogen-bond donors (Lipinski definition) is 1. The number of rotatable bonds is 5. The van der Waals surface area contributed by atoms with Gasteiger partial charge in [0.15, 0.2) is 0 Å². The van der Waals surface area contributed by atoms with Gasteiger partial charge < -0.3 is 10.2 Å². The fourth-order valence-corrected chi connectivity index (χ4v) is 4.15. The molecule has 0 saturated heterocycles. The zero-order valence-corrected chi connectivity index (χ0v) is 13.9. The smallest absolute Gasteiger partial charge is 0.0538 e. The minimum atomic E-state index is 0.364. The molecule has 2 atom stereocenters. The van der Waals surface area contributed by atoms with E-state index in [4.69, 9.17) is 0 Å².